The number of hydrogen-bond donors (Lipinski definition) is 1. The lowest BCUT2D eigenvalue weighted by molar-refractivity contribution is -0.121. The third-order valence-corrected chi connectivity index (χ3v) is 6.34. The number of carbonyl (C=O) groups is 1. The number of amides is 1. The van der Waals surface area contributed by atoms with E-state index in [2.05, 4.69) is 33.8 Å². The minimum atomic E-state index is -0.224. The molecule has 2 aromatic heterocycles. The Hall–Kier alpha value is -3.80. The summed E-state index contributed by atoms with van der Waals surface area (Å²) < 4.78 is 13.1. The molecule has 6 nitrogen and oxygen atoms in total. The van der Waals surface area contributed by atoms with Crippen LogP contribution in [0.1, 0.15) is 48.1 Å². The summed E-state index contributed by atoms with van der Waals surface area (Å²) in [5.74, 6) is 1.15. The zero-order valence-electron chi connectivity index (χ0n) is 20.8. The maximum atomic E-state index is 13.2. The Kier molecular flexibility index (Phi) is 7.70. The molecule has 4 rings (SSSR count). The van der Waals surface area contributed by atoms with Crippen LogP contribution in [0.4, 0.5) is 0 Å². The van der Waals surface area contributed by atoms with Gasteiger partial charge in [0.15, 0.2) is 0 Å². The first-order valence-corrected chi connectivity index (χ1v) is 12.0. The van der Waals surface area contributed by atoms with Crippen LogP contribution in [0.3, 0.4) is 0 Å². The van der Waals surface area contributed by atoms with Crippen molar-refractivity contribution in [3.8, 4) is 11.5 Å². The van der Waals surface area contributed by atoms with E-state index in [1.807, 2.05) is 67.8 Å². The van der Waals surface area contributed by atoms with Crippen molar-refractivity contribution in [3.63, 3.8) is 0 Å². The number of nitrogens with one attached hydrogen (secondary N) is 1. The van der Waals surface area contributed by atoms with E-state index in [9.17, 15) is 4.79 Å². The molecule has 0 radical (unpaired) electrons. The third-order valence-electron chi connectivity index (χ3n) is 6.34. The van der Waals surface area contributed by atoms with Crippen LogP contribution in [0.15, 0.2) is 73.1 Å². The highest BCUT2D eigenvalue weighted by molar-refractivity contribution is 5.78. The van der Waals surface area contributed by atoms with Gasteiger partial charge in [-0.05, 0) is 67.6 Å². The van der Waals surface area contributed by atoms with Crippen LogP contribution in [-0.2, 0) is 11.2 Å². The van der Waals surface area contributed by atoms with Gasteiger partial charge in [0.05, 0.1) is 19.9 Å². The summed E-state index contributed by atoms with van der Waals surface area (Å²) in [4.78, 5) is 17.9. The van der Waals surface area contributed by atoms with Gasteiger partial charge in [0.2, 0.25) is 5.91 Å². The fourth-order valence-electron chi connectivity index (χ4n) is 4.40. The molecule has 0 spiro atoms. The molecule has 6 heteroatoms. The number of hydrogen-bond acceptors (Lipinski definition) is 4. The third kappa shape index (κ3) is 6.01. The van der Waals surface area contributed by atoms with Crippen molar-refractivity contribution in [3.05, 3.63) is 95.4 Å². The molecule has 0 aliphatic carbocycles. The molecule has 2 unspecified atom stereocenters. The van der Waals surface area contributed by atoms with Gasteiger partial charge in [0.25, 0.3) is 0 Å². The van der Waals surface area contributed by atoms with Crippen LogP contribution in [-0.4, -0.2) is 35.6 Å². The highest BCUT2D eigenvalue weighted by atomic mass is 16.5. The predicted octanol–water partition coefficient (Wildman–Crippen LogP) is 5.32. The van der Waals surface area contributed by atoms with Crippen molar-refractivity contribution >= 4 is 11.6 Å². The number of nitrogens with zero attached hydrogens (tertiary/aromatic N) is 2. The Bertz CT molecular complexity index is 1260. The average Bonchev–Trinajstić information content (AvgIpc) is 3.29. The zero-order chi connectivity index (χ0) is 24.8. The number of aromatic nitrogens is 2. The highest BCUT2D eigenvalue weighted by Crippen LogP contribution is 2.34. The fraction of sp³-hybridized carbons (Fsp3) is 0.310. The largest absolute Gasteiger partial charge is 0.497 e. The quantitative estimate of drug-likeness (QED) is 0.340. The second kappa shape index (κ2) is 11.1. The number of benzene rings is 2. The first kappa shape index (κ1) is 24.3. The molecular formula is C29H33N3O3. The Morgan fingerprint density at radius 2 is 1.74 bits per heavy atom. The standard InChI is InChI=1S/C29H33N3O3/c1-20-12-13-32-27(19-30-28(32)14-20)26(23-15-24(34-3)17-25(16-23)35-4)18-29(33)31-21(2)10-11-22-8-6-5-7-9-22/h5-9,12-17,19,21,26H,10-11,18H2,1-4H3,(H,31,33). The van der Waals surface area contributed by atoms with Gasteiger partial charge in [-0.15, -0.1) is 0 Å². The Balaban J connectivity index is 1.59. The fourth-order valence-corrected chi connectivity index (χ4v) is 4.40. The van der Waals surface area contributed by atoms with Gasteiger partial charge >= 0.3 is 0 Å². The van der Waals surface area contributed by atoms with Crippen molar-refractivity contribution in [2.45, 2.75) is 45.1 Å². The normalized spacial score (nSPS) is 12.8. The summed E-state index contributed by atoms with van der Waals surface area (Å²) in [5, 5.41) is 3.20. The molecule has 0 aliphatic heterocycles. The first-order valence-electron chi connectivity index (χ1n) is 12.0. The Morgan fingerprint density at radius 1 is 1.03 bits per heavy atom. The second-order valence-electron chi connectivity index (χ2n) is 9.01. The van der Waals surface area contributed by atoms with Gasteiger partial charge in [0.1, 0.15) is 17.1 Å². The molecule has 0 fully saturated rings. The Labute approximate surface area is 206 Å². The van der Waals surface area contributed by atoms with Crippen LogP contribution in [0, 0.1) is 6.92 Å². The maximum Gasteiger partial charge on any atom is 0.221 e. The van der Waals surface area contributed by atoms with E-state index in [1.54, 1.807) is 14.2 Å². The molecule has 182 valence electrons. The minimum Gasteiger partial charge on any atom is -0.497 e. The van der Waals surface area contributed by atoms with Gasteiger partial charge in [-0.1, -0.05) is 30.3 Å². The van der Waals surface area contributed by atoms with Crippen molar-refractivity contribution in [2.24, 2.45) is 0 Å². The number of ether oxygens (including phenoxy) is 2. The van der Waals surface area contributed by atoms with Crippen LogP contribution in [0.2, 0.25) is 0 Å². The summed E-state index contributed by atoms with van der Waals surface area (Å²) in [6, 6.07) is 20.3. The van der Waals surface area contributed by atoms with Crippen LogP contribution >= 0.6 is 0 Å². The SMILES string of the molecule is COc1cc(OC)cc(C(CC(=O)NC(C)CCc2ccccc2)c2cnc3cc(C)ccn23)c1. The topological polar surface area (TPSA) is 64.9 Å². The first-order chi connectivity index (χ1) is 17.0. The van der Waals surface area contributed by atoms with Crippen molar-refractivity contribution in [2.75, 3.05) is 14.2 Å². The lowest BCUT2D eigenvalue weighted by atomic mass is 9.91. The predicted molar refractivity (Wildman–Crippen MR) is 138 cm³/mol. The summed E-state index contributed by atoms with van der Waals surface area (Å²) in [7, 11) is 3.26. The molecule has 35 heavy (non-hydrogen) atoms. The monoisotopic (exact) mass is 471 g/mol. The molecule has 0 saturated carbocycles. The van der Waals surface area contributed by atoms with Gasteiger partial charge in [-0.3, -0.25) is 4.79 Å². The Morgan fingerprint density at radius 3 is 2.43 bits per heavy atom. The van der Waals surface area contributed by atoms with E-state index in [1.165, 1.54) is 5.56 Å². The van der Waals surface area contributed by atoms with Gasteiger partial charge in [-0.25, -0.2) is 4.98 Å². The average molecular weight is 472 g/mol. The summed E-state index contributed by atoms with van der Waals surface area (Å²) >= 11 is 0. The minimum absolute atomic E-state index is 0.000546. The zero-order valence-corrected chi connectivity index (χ0v) is 20.8. The molecule has 2 heterocycles. The lowest BCUT2D eigenvalue weighted by Crippen LogP contribution is -2.34. The van der Waals surface area contributed by atoms with Crippen LogP contribution < -0.4 is 14.8 Å². The smallest absolute Gasteiger partial charge is 0.221 e. The van der Waals surface area contributed by atoms with Gasteiger partial charge < -0.3 is 19.2 Å². The number of carbonyl (C=O) groups excluding carboxylic acids is 1. The van der Waals surface area contributed by atoms with Crippen LogP contribution in [0.25, 0.3) is 5.65 Å². The number of imidazole rings is 1. The molecule has 2 aromatic carbocycles. The molecule has 2 atom stereocenters. The summed E-state index contributed by atoms with van der Waals surface area (Å²) in [5.41, 5.74) is 5.16. The van der Waals surface area contributed by atoms with E-state index in [-0.39, 0.29) is 24.3 Å². The number of fused-ring (bicyclic) bond motifs is 1. The van der Waals surface area contributed by atoms with E-state index in [4.69, 9.17) is 9.47 Å². The van der Waals surface area contributed by atoms with E-state index in [0.29, 0.717) is 11.5 Å². The van der Waals surface area contributed by atoms with Gasteiger partial charge in [0, 0.05) is 36.8 Å². The van der Waals surface area contributed by atoms with E-state index < -0.39 is 0 Å². The van der Waals surface area contributed by atoms with Crippen molar-refractivity contribution in [1.82, 2.24) is 14.7 Å². The molecular weight excluding hydrogens is 438 g/mol. The number of rotatable bonds is 10. The summed E-state index contributed by atoms with van der Waals surface area (Å²) in [6.07, 6.45) is 5.96. The number of aryl methyl sites for hydroxylation is 2. The molecule has 1 N–H and O–H groups in total. The maximum absolute atomic E-state index is 13.2. The summed E-state index contributed by atoms with van der Waals surface area (Å²) in [6.45, 7) is 4.10. The molecule has 0 bridgehead atoms. The van der Waals surface area contributed by atoms with Crippen molar-refractivity contribution < 1.29 is 14.3 Å². The molecule has 0 saturated heterocycles. The van der Waals surface area contributed by atoms with Crippen LogP contribution in [0.5, 0.6) is 11.5 Å². The lowest BCUT2D eigenvalue weighted by Gasteiger charge is -2.21. The van der Waals surface area contributed by atoms with Crippen molar-refractivity contribution in [1.29, 1.82) is 0 Å². The highest BCUT2D eigenvalue weighted by Gasteiger charge is 2.24. The molecule has 0 aliphatic rings. The second-order valence-corrected chi connectivity index (χ2v) is 9.01. The molecule has 1 amide bonds. The van der Waals surface area contributed by atoms with Gasteiger partial charge in [-0.2, -0.15) is 0 Å². The molecule has 4 aromatic rings. The number of methoxy groups -OCH3 is 2. The van der Waals surface area contributed by atoms with E-state index in [0.717, 1.165) is 35.3 Å². The number of pyridine rings is 1. The van der Waals surface area contributed by atoms with E-state index >= 15 is 0 Å².